The highest BCUT2D eigenvalue weighted by Crippen LogP contribution is 2.37. The Morgan fingerprint density at radius 1 is 1.00 bits per heavy atom. The maximum absolute atomic E-state index is 5.93. The van der Waals surface area contributed by atoms with Crippen molar-refractivity contribution in [3.8, 4) is 28.3 Å². The van der Waals surface area contributed by atoms with Crippen LogP contribution in [0, 0.1) is 0 Å². The third kappa shape index (κ3) is 2.26. The SMILES string of the molecule is COc1[nH]nc(-c2ccc(Cl)cc2)c1-c1ccncc1. The van der Waals surface area contributed by atoms with Crippen molar-refractivity contribution in [1.29, 1.82) is 0 Å². The molecule has 2 aromatic heterocycles. The Kier molecular flexibility index (Phi) is 3.39. The van der Waals surface area contributed by atoms with E-state index in [0.717, 1.165) is 22.4 Å². The zero-order valence-corrected chi connectivity index (χ0v) is 11.6. The second-order valence-corrected chi connectivity index (χ2v) is 4.66. The Hall–Kier alpha value is -2.33. The molecule has 1 N–H and O–H groups in total. The van der Waals surface area contributed by atoms with Gasteiger partial charge in [0.15, 0.2) is 0 Å². The Morgan fingerprint density at radius 2 is 1.70 bits per heavy atom. The van der Waals surface area contributed by atoms with Gasteiger partial charge in [-0.25, -0.2) is 5.10 Å². The molecule has 0 spiro atoms. The normalized spacial score (nSPS) is 10.5. The summed E-state index contributed by atoms with van der Waals surface area (Å²) in [6.07, 6.45) is 3.49. The molecule has 0 aliphatic rings. The van der Waals surface area contributed by atoms with Gasteiger partial charge in [-0.3, -0.25) is 4.98 Å². The van der Waals surface area contributed by atoms with Gasteiger partial charge >= 0.3 is 0 Å². The number of nitrogens with zero attached hydrogens (tertiary/aromatic N) is 2. The van der Waals surface area contributed by atoms with Crippen LogP contribution >= 0.6 is 11.6 Å². The number of aromatic nitrogens is 3. The number of methoxy groups -OCH3 is 1. The molecular formula is C15H12ClN3O. The molecule has 100 valence electrons. The average molecular weight is 286 g/mol. The summed E-state index contributed by atoms with van der Waals surface area (Å²) in [5.41, 5.74) is 3.71. The van der Waals surface area contributed by atoms with Crippen LogP contribution in [0.4, 0.5) is 0 Å². The zero-order valence-electron chi connectivity index (χ0n) is 10.8. The number of aromatic amines is 1. The lowest BCUT2D eigenvalue weighted by molar-refractivity contribution is 0.398. The third-order valence-electron chi connectivity index (χ3n) is 3.02. The predicted octanol–water partition coefficient (Wildman–Crippen LogP) is 3.80. The van der Waals surface area contributed by atoms with E-state index < -0.39 is 0 Å². The first-order valence-corrected chi connectivity index (χ1v) is 6.46. The molecule has 2 heterocycles. The summed E-state index contributed by atoms with van der Waals surface area (Å²) in [4.78, 5) is 4.04. The first-order chi connectivity index (χ1) is 9.79. The van der Waals surface area contributed by atoms with Crippen molar-refractivity contribution in [2.45, 2.75) is 0 Å². The standard InChI is InChI=1S/C15H12ClN3O/c1-20-15-13(10-6-8-17-9-7-10)14(18-19-15)11-2-4-12(16)5-3-11/h2-9H,1H3,(H,18,19). The maximum atomic E-state index is 5.93. The maximum Gasteiger partial charge on any atom is 0.217 e. The topological polar surface area (TPSA) is 50.8 Å². The van der Waals surface area contributed by atoms with Crippen LogP contribution in [0.2, 0.25) is 5.02 Å². The van der Waals surface area contributed by atoms with Crippen LogP contribution in [0.3, 0.4) is 0 Å². The number of pyridine rings is 1. The number of hydrogen-bond acceptors (Lipinski definition) is 3. The largest absolute Gasteiger partial charge is 0.481 e. The molecule has 0 bridgehead atoms. The predicted molar refractivity (Wildman–Crippen MR) is 78.8 cm³/mol. The average Bonchev–Trinajstić information content (AvgIpc) is 2.93. The zero-order chi connectivity index (χ0) is 13.9. The van der Waals surface area contributed by atoms with Crippen LogP contribution in [0.1, 0.15) is 0 Å². The molecule has 0 saturated carbocycles. The minimum Gasteiger partial charge on any atom is -0.481 e. The van der Waals surface area contributed by atoms with Crippen molar-refractivity contribution >= 4 is 11.6 Å². The lowest BCUT2D eigenvalue weighted by Gasteiger charge is -2.05. The monoisotopic (exact) mass is 285 g/mol. The fourth-order valence-corrected chi connectivity index (χ4v) is 2.20. The quantitative estimate of drug-likeness (QED) is 0.796. The van der Waals surface area contributed by atoms with Crippen molar-refractivity contribution in [2.24, 2.45) is 0 Å². The van der Waals surface area contributed by atoms with Crippen molar-refractivity contribution in [3.63, 3.8) is 0 Å². The molecule has 0 aliphatic heterocycles. The smallest absolute Gasteiger partial charge is 0.217 e. The van der Waals surface area contributed by atoms with Crippen LogP contribution < -0.4 is 4.74 Å². The molecule has 0 unspecified atom stereocenters. The highest BCUT2D eigenvalue weighted by atomic mass is 35.5. The minimum absolute atomic E-state index is 0.626. The van der Waals surface area contributed by atoms with Crippen LogP contribution in [0.5, 0.6) is 5.88 Å². The molecule has 4 nitrogen and oxygen atoms in total. The van der Waals surface area contributed by atoms with Gasteiger partial charge < -0.3 is 4.74 Å². The number of H-pyrrole nitrogens is 1. The summed E-state index contributed by atoms with van der Waals surface area (Å²) in [6, 6.07) is 11.4. The molecule has 3 aromatic rings. The van der Waals surface area contributed by atoms with Crippen molar-refractivity contribution < 1.29 is 4.74 Å². The van der Waals surface area contributed by atoms with Gasteiger partial charge in [-0.2, -0.15) is 5.10 Å². The van der Waals surface area contributed by atoms with Gasteiger partial charge in [-0.15, -0.1) is 0 Å². The van der Waals surface area contributed by atoms with E-state index in [0.29, 0.717) is 10.9 Å². The molecular weight excluding hydrogens is 274 g/mol. The molecule has 0 fully saturated rings. The third-order valence-corrected chi connectivity index (χ3v) is 3.28. The van der Waals surface area contributed by atoms with E-state index in [-0.39, 0.29) is 0 Å². The van der Waals surface area contributed by atoms with Gasteiger partial charge in [0.05, 0.1) is 12.7 Å². The molecule has 3 rings (SSSR count). The molecule has 5 heteroatoms. The highest BCUT2D eigenvalue weighted by Gasteiger charge is 2.17. The number of hydrogen-bond donors (Lipinski definition) is 1. The highest BCUT2D eigenvalue weighted by molar-refractivity contribution is 6.30. The lowest BCUT2D eigenvalue weighted by Crippen LogP contribution is -1.87. The second kappa shape index (κ2) is 5.35. The summed E-state index contributed by atoms with van der Waals surface area (Å²) in [6.45, 7) is 0. The Bertz CT molecular complexity index is 708. The van der Waals surface area contributed by atoms with Crippen molar-refractivity contribution in [3.05, 3.63) is 53.8 Å². The van der Waals surface area contributed by atoms with Gasteiger partial charge in [0, 0.05) is 23.0 Å². The fraction of sp³-hybridized carbons (Fsp3) is 0.0667. The van der Waals surface area contributed by atoms with Gasteiger partial charge in [0.1, 0.15) is 5.69 Å². The Morgan fingerprint density at radius 3 is 2.35 bits per heavy atom. The number of halogens is 1. The van der Waals surface area contributed by atoms with Gasteiger partial charge in [-0.1, -0.05) is 23.7 Å². The van der Waals surface area contributed by atoms with Gasteiger partial charge in [0.2, 0.25) is 5.88 Å². The molecule has 0 atom stereocenters. The van der Waals surface area contributed by atoms with Gasteiger partial charge in [0.25, 0.3) is 0 Å². The number of benzene rings is 1. The van der Waals surface area contributed by atoms with E-state index in [1.54, 1.807) is 19.5 Å². The summed E-state index contributed by atoms with van der Waals surface area (Å²) in [5.74, 6) is 0.626. The second-order valence-electron chi connectivity index (χ2n) is 4.22. The molecule has 1 aromatic carbocycles. The van der Waals surface area contributed by atoms with E-state index >= 15 is 0 Å². The van der Waals surface area contributed by atoms with E-state index in [1.165, 1.54) is 0 Å². The molecule has 20 heavy (non-hydrogen) atoms. The van der Waals surface area contributed by atoms with Crippen molar-refractivity contribution in [1.82, 2.24) is 15.2 Å². The summed E-state index contributed by atoms with van der Waals surface area (Å²) in [5, 5.41) is 7.96. The van der Waals surface area contributed by atoms with E-state index in [2.05, 4.69) is 15.2 Å². The Balaban J connectivity index is 2.17. The lowest BCUT2D eigenvalue weighted by atomic mass is 10.0. The van der Waals surface area contributed by atoms with Crippen LogP contribution in [-0.2, 0) is 0 Å². The number of nitrogens with one attached hydrogen (secondary N) is 1. The first-order valence-electron chi connectivity index (χ1n) is 6.08. The summed E-state index contributed by atoms with van der Waals surface area (Å²) in [7, 11) is 1.61. The fourth-order valence-electron chi connectivity index (χ4n) is 2.08. The summed E-state index contributed by atoms with van der Waals surface area (Å²) >= 11 is 5.93. The molecule has 0 amide bonds. The molecule has 0 radical (unpaired) electrons. The van der Waals surface area contributed by atoms with E-state index in [9.17, 15) is 0 Å². The Labute approximate surface area is 121 Å². The minimum atomic E-state index is 0.626. The molecule has 0 aliphatic carbocycles. The number of rotatable bonds is 3. The van der Waals surface area contributed by atoms with Crippen LogP contribution in [0.15, 0.2) is 48.8 Å². The van der Waals surface area contributed by atoms with Crippen LogP contribution in [0.25, 0.3) is 22.4 Å². The number of ether oxygens (including phenoxy) is 1. The first kappa shape index (κ1) is 12.7. The van der Waals surface area contributed by atoms with Crippen molar-refractivity contribution in [2.75, 3.05) is 7.11 Å². The van der Waals surface area contributed by atoms with E-state index in [4.69, 9.17) is 16.3 Å². The van der Waals surface area contributed by atoms with Gasteiger partial charge in [-0.05, 0) is 29.8 Å². The summed E-state index contributed by atoms with van der Waals surface area (Å²) < 4.78 is 5.36. The molecule has 0 saturated heterocycles. The van der Waals surface area contributed by atoms with E-state index in [1.807, 2.05) is 36.4 Å². The van der Waals surface area contributed by atoms with Crippen LogP contribution in [-0.4, -0.2) is 22.3 Å².